The average molecular weight is 158 g/mol. The van der Waals surface area contributed by atoms with E-state index < -0.39 is 0 Å². The van der Waals surface area contributed by atoms with Crippen LogP contribution in [0.4, 0.5) is 0 Å². The van der Waals surface area contributed by atoms with Crippen LogP contribution in [0.5, 0.6) is 0 Å². The first-order valence-corrected chi connectivity index (χ1v) is 4.03. The zero-order chi connectivity index (χ0) is 7.40. The normalized spacial score (nSPS) is 13.4. The maximum absolute atomic E-state index is 8.53. The first kappa shape index (κ1) is 7.65. The summed E-state index contributed by atoms with van der Waals surface area (Å²) in [5.41, 5.74) is 8.25. The Bertz CT molecular complexity index is 176. The van der Waals surface area contributed by atoms with Crippen molar-refractivity contribution in [1.82, 2.24) is 4.98 Å². The molecule has 0 amide bonds. The largest absolute Gasteiger partial charge is 0.396 e. The Morgan fingerprint density at radius 2 is 2.60 bits per heavy atom. The van der Waals surface area contributed by atoms with Crippen LogP contribution in [-0.4, -0.2) is 16.7 Å². The fraction of sp³-hybridized carbons (Fsp3) is 0.500. The maximum atomic E-state index is 8.53. The smallest absolute Gasteiger partial charge is 0.0795 e. The molecular weight excluding hydrogens is 148 g/mol. The number of nitrogens with zero attached hydrogens (tertiary/aromatic N) is 1. The van der Waals surface area contributed by atoms with Gasteiger partial charge in [-0.1, -0.05) is 0 Å². The third-order valence-corrected chi connectivity index (χ3v) is 1.88. The molecule has 0 saturated carbocycles. The Labute approximate surface area is 63.5 Å². The number of hydrogen-bond acceptors (Lipinski definition) is 4. The summed E-state index contributed by atoms with van der Waals surface area (Å²) in [6.45, 7) is 0.124. The Kier molecular flexibility index (Phi) is 2.80. The van der Waals surface area contributed by atoms with Gasteiger partial charge in [-0.2, -0.15) is 0 Å². The number of thiazole rings is 1. The van der Waals surface area contributed by atoms with Gasteiger partial charge in [-0.15, -0.1) is 11.3 Å². The average Bonchev–Trinajstić information content (AvgIpc) is 2.38. The molecule has 0 spiro atoms. The highest BCUT2D eigenvalue weighted by atomic mass is 32.1. The summed E-state index contributed by atoms with van der Waals surface area (Å²) in [6, 6.07) is -0.101. The number of nitrogens with two attached hydrogens (primary N) is 1. The van der Waals surface area contributed by atoms with E-state index >= 15 is 0 Å². The predicted octanol–water partition coefficient (Wildman–Crippen LogP) is 0.525. The minimum absolute atomic E-state index is 0.101. The van der Waals surface area contributed by atoms with E-state index in [2.05, 4.69) is 4.98 Å². The van der Waals surface area contributed by atoms with Crippen molar-refractivity contribution in [3.8, 4) is 0 Å². The number of aliphatic hydroxyl groups excluding tert-OH is 1. The van der Waals surface area contributed by atoms with E-state index in [0.29, 0.717) is 6.42 Å². The SMILES string of the molecule is N[C@@H](CCO)c1cscn1. The van der Waals surface area contributed by atoms with Gasteiger partial charge in [0.25, 0.3) is 0 Å². The number of aliphatic hydroxyl groups is 1. The molecule has 0 saturated heterocycles. The van der Waals surface area contributed by atoms with E-state index in [1.165, 1.54) is 11.3 Å². The molecule has 0 radical (unpaired) electrons. The Hall–Kier alpha value is -0.450. The summed E-state index contributed by atoms with van der Waals surface area (Å²) in [5, 5.41) is 10.4. The van der Waals surface area contributed by atoms with E-state index in [4.69, 9.17) is 10.8 Å². The van der Waals surface area contributed by atoms with Crippen LogP contribution in [0, 0.1) is 0 Å². The second kappa shape index (κ2) is 3.65. The van der Waals surface area contributed by atoms with Crippen LogP contribution in [0.25, 0.3) is 0 Å². The van der Waals surface area contributed by atoms with Gasteiger partial charge in [0.15, 0.2) is 0 Å². The fourth-order valence-corrected chi connectivity index (χ4v) is 1.31. The Morgan fingerprint density at radius 1 is 1.80 bits per heavy atom. The lowest BCUT2D eigenvalue weighted by Gasteiger charge is -2.04. The van der Waals surface area contributed by atoms with Gasteiger partial charge in [-0.3, -0.25) is 0 Å². The van der Waals surface area contributed by atoms with Crippen molar-refractivity contribution in [2.75, 3.05) is 6.61 Å². The van der Waals surface area contributed by atoms with Gasteiger partial charge in [-0.05, 0) is 6.42 Å². The molecule has 0 aliphatic carbocycles. The number of aromatic nitrogens is 1. The maximum Gasteiger partial charge on any atom is 0.0795 e. The summed E-state index contributed by atoms with van der Waals surface area (Å²) < 4.78 is 0. The number of hydrogen-bond donors (Lipinski definition) is 2. The van der Waals surface area contributed by atoms with Crippen LogP contribution in [0.3, 0.4) is 0 Å². The van der Waals surface area contributed by atoms with Crippen molar-refractivity contribution in [1.29, 1.82) is 0 Å². The van der Waals surface area contributed by atoms with Gasteiger partial charge in [0.1, 0.15) is 0 Å². The lowest BCUT2D eigenvalue weighted by atomic mass is 10.2. The molecule has 1 aromatic heterocycles. The molecule has 3 N–H and O–H groups in total. The highest BCUT2D eigenvalue weighted by Gasteiger charge is 2.05. The van der Waals surface area contributed by atoms with Crippen LogP contribution in [0.2, 0.25) is 0 Å². The molecule has 4 heteroatoms. The van der Waals surface area contributed by atoms with E-state index in [-0.39, 0.29) is 12.6 Å². The van der Waals surface area contributed by atoms with Gasteiger partial charge in [0.05, 0.1) is 17.2 Å². The third kappa shape index (κ3) is 1.76. The van der Waals surface area contributed by atoms with Gasteiger partial charge in [0, 0.05) is 12.0 Å². The van der Waals surface area contributed by atoms with E-state index in [1.807, 2.05) is 5.38 Å². The van der Waals surface area contributed by atoms with Crippen LogP contribution in [-0.2, 0) is 0 Å². The summed E-state index contributed by atoms with van der Waals surface area (Å²) in [7, 11) is 0. The standard InChI is InChI=1S/C6H10N2OS/c7-5(1-2-9)6-3-10-4-8-6/h3-5,9H,1-2,7H2/t5-/m0/s1. The molecule has 3 nitrogen and oxygen atoms in total. The molecule has 56 valence electrons. The molecule has 0 aromatic carbocycles. The minimum Gasteiger partial charge on any atom is -0.396 e. The van der Waals surface area contributed by atoms with Crippen molar-refractivity contribution < 1.29 is 5.11 Å². The molecule has 1 rings (SSSR count). The summed E-state index contributed by atoms with van der Waals surface area (Å²) in [5.74, 6) is 0. The highest BCUT2D eigenvalue weighted by molar-refractivity contribution is 7.07. The van der Waals surface area contributed by atoms with Gasteiger partial charge < -0.3 is 10.8 Å². The van der Waals surface area contributed by atoms with E-state index in [1.54, 1.807) is 5.51 Å². The van der Waals surface area contributed by atoms with Crippen LogP contribution in [0.1, 0.15) is 18.2 Å². The summed E-state index contributed by atoms with van der Waals surface area (Å²) >= 11 is 1.52. The molecule has 0 fully saturated rings. The second-order valence-corrected chi connectivity index (χ2v) is 2.75. The Balaban J connectivity index is 2.50. The van der Waals surface area contributed by atoms with Gasteiger partial charge in [-0.25, -0.2) is 4.98 Å². The minimum atomic E-state index is -0.101. The first-order valence-electron chi connectivity index (χ1n) is 3.09. The molecule has 0 aliphatic rings. The Morgan fingerprint density at radius 3 is 3.10 bits per heavy atom. The second-order valence-electron chi connectivity index (χ2n) is 2.03. The van der Waals surface area contributed by atoms with Crippen LogP contribution >= 0.6 is 11.3 Å². The molecule has 1 aromatic rings. The van der Waals surface area contributed by atoms with E-state index in [0.717, 1.165) is 5.69 Å². The first-order chi connectivity index (χ1) is 4.84. The van der Waals surface area contributed by atoms with Crippen molar-refractivity contribution in [3.63, 3.8) is 0 Å². The van der Waals surface area contributed by atoms with Crippen molar-refractivity contribution >= 4 is 11.3 Å². The van der Waals surface area contributed by atoms with E-state index in [9.17, 15) is 0 Å². The molecule has 0 aliphatic heterocycles. The summed E-state index contributed by atoms with van der Waals surface area (Å²) in [6.07, 6.45) is 0.587. The zero-order valence-corrected chi connectivity index (χ0v) is 6.34. The lowest BCUT2D eigenvalue weighted by Crippen LogP contribution is -2.11. The highest BCUT2D eigenvalue weighted by Crippen LogP contribution is 2.12. The molecular formula is C6H10N2OS. The third-order valence-electron chi connectivity index (χ3n) is 1.27. The van der Waals surface area contributed by atoms with Gasteiger partial charge in [0.2, 0.25) is 0 Å². The predicted molar refractivity (Wildman–Crippen MR) is 40.7 cm³/mol. The lowest BCUT2D eigenvalue weighted by molar-refractivity contribution is 0.276. The monoisotopic (exact) mass is 158 g/mol. The molecule has 0 bridgehead atoms. The molecule has 1 atom stereocenters. The van der Waals surface area contributed by atoms with Gasteiger partial charge >= 0.3 is 0 Å². The molecule has 1 heterocycles. The molecule has 0 unspecified atom stereocenters. The van der Waals surface area contributed by atoms with Crippen molar-refractivity contribution in [3.05, 3.63) is 16.6 Å². The topological polar surface area (TPSA) is 59.1 Å². The fourth-order valence-electron chi connectivity index (χ4n) is 0.692. The zero-order valence-electron chi connectivity index (χ0n) is 5.53. The van der Waals surface area contributed by atoms with Crippen molar-refractivity contribution in [2.24, 2.45) is 5.73 Å². The summed E-state index contributed by atoms with van der Waals surface area (Å²) in [4.78, 5) is 4.02. The quantitative estimate of drug-likeness (QED) is 0.674. The van der Waals surface area contributed by atoms with Crippen LogP contribution < -0.4 is 5.73 Å². The van der Waals surface area contributed by atoms with Crippen molar-refractivity contribution in [2.45, 2.75) is 12.5 Å². The van der Waals surface area contributed by atoms with Crippen LogP contribution in [0.15, 0.2) is 10.9 Å². The number of rotatable bonds is 3. The molecule has 10 heavy (non-hydrogen) atoms.